The van der Waals surface area contributed by atoms with Crippen LogP contribution in [-0.4, -0.2) is 3.21 Å². The Bertz CT molecular complexity index is 1890. The van der Waals surface area contributed by atoms with Crippen LogP contribution in [-0.2, 0) is 43.5 Å². The first-order valence-corrected chi connectivity index (χ1v) is 20.4. The Morgan fingerprint density at radius 2 is 1.34 bits per heavy atom. The first-order chi connectivity index (χ1) is 24.3. The van der Waals surface area contributed by atoms with Gasteiger partial charge in [0.2, 0.25) is 0 Å². The fourth-order valence-corrected chi connectivity index (χ4v) is 10.6. The fraction of sp³-hybridized carbons (Fsp3) is 0.380. The third-order valence-electron chi connectivity index (χ3n) is 14.2. The van der Waals surface area contributed by atoms with Crippen LogP contribution in [0.3, 0.4) is 0 Å². The third kappa shape index (κ3) is 7.93. The molecule has 2 unspecified atom stereocenters. The first kappa shape index (κ1) is 43.2. The Morgan fingerprint density at radius 1 is 0.755 bits per heavy atom. The van der Waals surface area contributed by atoms with Gasteiger partial charge in [-0.15, -0.1) is 6.92 Å². The summed E-state index contributed by atoms with van der Waals surface area (Å²) < 4.78 is 1.65. The molecule has 4 aliphatic rings. The number of rotatable bonds is 5. The van der Waals surface area contributed by atoms with Crippen molar-refractivity contribution in [3.8, 4) is 0 Å². The summed E-state index contributed by atoms with van der Waals surface area (Å²) in [6.45, 7) is 20.3. The maximum Gasteiger partial charge on any atom is -0.172 e. The normalized spacial score (nSPS) is 22.2. The zero-order chi connectivity index (χ0) is 36.4. The monoisotopic (exact) mass is 818 g/mol. The van der Waals surface area contributed by atoms with Gasteiger partial charge < -0.3 is 24.8 Å². The molecule has 8 rings (SSSR count). The Balaban J connectivity index is 0.000000222. The van der Waals surface area contributed by atoms with Crippen molar-refractivity contribution in [3.05, 3.63) is 172 Å². The zero-order valence-electron chi connectivity index (χ0n) is 33.2. The minimum absolute atomic E-state index is 0. The molecule has 0 spiro atoms. The van der Waals surface area contributed by atoms with Gasteiger partial charge in [-0.05, 0) is 40.6 Å². The largest absolute Gasteiger partial charge is 0.214 e. The van der Waals surface area contributed by atoms with Gasteiger partial charge in [-0.3, -0.25) is 0 Å². The van der Waals surface area contributed by atoms with Crippen molar-refractivity contribution in [2.45, 2.75) is 93.9 Å². The van der Waals surface area contributed by atoms with E-state index in [0.717, 1.165) is 12.8 Å². The van der Waals surface area contributed by atoms with Crippen LogP contribution in [0.2, 0.25) is 0 Å². The van der Waals surface area contributed by atoms with E-state index >= 15 is 0 Å². The standard InChI is InChI=1S/C29H37.C16H16.C5H5.2ClH.Zr/c1-18-25-22-17-19-13-9-10-14-20(19)24(22)21-15-11-12-16-23(21)29(25,8)28(6,7)27(4,5)26(18,2)3;1-3-9-15(10-4-1)13-7-8-14-16-11-5-2-6-12-16;1-2-4-5-3-1;;;/h9-11,13-15,23H,12,16-17H2,1-8H3;1-6,9-12H,7,13-14H2;1-5H;2*1H;/q-1;;-1;;;+2/p-2. The molecular weight excluding hydrogens is 763 g/mol. The smallest absolute Gasteiger partial charge is 0.172 e. The molecule has 53 heavy (non-hydrogen) atoms. The molecule has 1 fully saturated rings. The second-order valence-corrected chi connectivity index (χ2v) is 18.7. The van der Waals surface area contributed by atoms with Crippen LogP contribution in [0.1, 0.15) is 96.9 Å². The molecule has 0 radical (unpaired) electrons. The Kier molecular flexibility index (Phi) is 14.2. The van der Waals surface area contributed by atoms with E-state index in [4.69, 9.17) is 0 Å². The van der Waals surface area contributed by atoms with Crippen molar-refractivity contribution in [1.82, 2.24) is 0 Å². The van der Waals surface area contributed by atoms with Crippen LogP contribution >= 0.6 is 0 Å². The van der Waals surface area contributed by atoms with E-state index in [0.29, 0.717) is 5.92 Å². The van der Waals surface area contributed by atoms with Crippen molar-refractivity contribution in [3.63, 3.8) is 0 Å². The first-order valence-electron chi connectivity index (χ1n) is 19.2. The Morgan fingerprint density at radius 3 is 1.94 bits per heavy atom. The van der Waals surface area contributed by atoms with Gasteiger partial charge in [-0.2, -0.15) is 29.3 Å². The maximum atomic E-state index is 2.62. The SMILES string of the molecule is C[C-]1C2=C3Cc4ccccc4C3=C3C=CCCC3C2(C)C(C)(C)C(C)(C)C1(C)C.[Cl-].[Cl-].[Zr+2]=[C](CCc1ccccc1)Cc1ccccc1.c1cc[cH-]c1. The molecule has 4 aromatic carbocycles. The van der Waals surface area contributed by atoms with Crippen molar-refractivity contribution in [2.75, 3.05) is 0 Å². The predicted molar refractivity (Wildman–Crippen MR) is 216 cm³/mol. The number of allylic oxidation sites excluding steroid dienone is 6. The topological polar surface area (TPSA) is 0 Å². The van der Waals surface area contributed by atoms with Gasteiger partial charge in [0.05, 0.1) is 0 Å². The zero-order valence-corrected chi connectivity index (χ0v) is 37.2. The number of fused-ring (bicyclic) bond motifs is 6. The van der Waals surface area contributed by atoms with E-state index < -0.39 is 0 Å². The average Bonchev–Trinajstić information content (AvgIpc) is 3.84. The van der Waals surface area contributed by atoms with Gasteiger partial charge in [-0.1, -0.05) is 113 Å². The number of halogens is 2. The number of hydrogen-bond donors (Lipinski definition) is 0. The van der Waals surface area contributed by atoms with Crippen LogP contribution in [0.5, 0.6) is 0 Å². The molecule has 0 aliphatic heterocycles. The van der Waals surface area contributed by atoms with E-state index in [1.165, 1.54) is 47.9 Å². The van der Waals surface area contributed by atoms with E-state index in [2.05, 4.69) is 152 Å². The molecule has 1 saturated carbocycles. The summed E-state index contributed by atoms with van der Waals surface area (Å²) in [6.07, 6.45) is 12.0. The number of benzene rings is 3. The summed E-state index contributed by atoms with van der Waals surface area (Å²) in [6, 6.07) is 40.7. The molecule has 278 valence electrons. The Labute approximate surface area is 349 Å². The van der Waals surface area contributed by atoms with Crippen molar-refractivity contribution < 1.29 is 49.0 Å². The van der Waals surface area contributed by atoms with E-state index in [9.17, 15) is 0 Å². The summed E-state index contributed by atoms with van der Waals surface area (Å²) >= 11 is 1.57. The predicted octanol–water partition coefficient (Wildman–Crippen LogP) is 6.96. The molecule has 0 amide bonds. The van der Waals surface area contributed by atoms with E-state index in [1.807, 2.05) is 30.3 Å². The molecular formula is C50H58Cl2Zr-2. The van der Waals surface area contributed by atoms with Gasteiger partial charge >= 0.3 is 118 Å². The van der Waals surface area contributed by atoms with Gasteiger partial charge in [0, 0.05) is 0 Å². The van der Waals surface area contributed by atoms with Crippen LogP contribution in [0.15, 0.2) is 144 Å². The molecule has 4 aromatic rings. The van der Waals surface area contributed by atoms with Crippen LogP contribution < -0.4 is 24.8 Å². The second kappa shape index (κ2) is 17.5. The van der Waals surface area contributed by atoms with Crippen molar-refractivity contribution in [1.29, 1.82) is 0 Å². The fourth-order valence-electron chi connectivity index (χ4n) is 9.76. The van der Waals surface area contributed by atoms with Gasteiger partial charge in [-0.25, -0.2) is 18.1 Å². The summed E-state index contributed by atoms with van der Waals surface area (Å²) in [7, 11) is 0. The maximum absolute atomic E-state index is 2.62. The number of hydrogen-bond acceptors (Lipinski definition) is 0. The molecule has 0 bridgehead atoms. The minimum Gasteiger partial charge on any atom is -0.214 e. The van der Waals surface area contributed by atoms with Crippen LogP contribution in [0, 0.1) is 33.5 Å². The summed E-state index contributed by atoms with van der Waals surface area (Å²) in [5.74, 6) is 2.24. The van der Waals surface area contributed by atoms with Crippen LogP contribution in [0.25, 0.3) is 5.57 Å². The molecule has 0 aromatic heterocycles. The molecule has 2 atom stereocenters. The van der Waals surface area contributed by atoms with Gasteiger partial charge in [0.25, 0.3) is 0 Å². The summed E-state index contributed by atoms with van der Waals surface area (Å²) in [5, 5.41) is 0. The van der Waals surface area contributed by atoms with Gasteiger partial charge in [0.15, 0.2) is 0 Å². The molecule has 0 N–H and O–H groups in total. The second-order valence-electron chi connectivity index (χ2n) is 17.0. The molecule has 0 nitrogen and oxygen atoms in total. The van der Waals surface area contributed by atoms with E-state index in [1.54, 1.807) is 55.7 Å². The molecule has 3 heteroatoms. The summed E-state index contributed by atoms with van der Waals surface area (Å²) in [4.78, 5) is 0. The minimum atomic E-state index is 0. The Hall–Kier alpha value is -2.57. The quantitative estimate of drug-likeness (QED) is 0.191. The van der Waals surface area contributed by atoms with Crippen molar-refractivity contribution in [2.24, 2.45) is 27.6 Å². The number of aryl methyl sites for hydroxylation is 1. The average molecular weight is 821 g/mol. The van der Waals surface area contributed by atoms with Crippen LogP contribution in [0.4, 0.5) is 0 Å². The summed E-state index contributed by atoms with van der Waals surface area (Å²) in [5.41, 5.74) is 13.2. The van der Waals surface area contributed by atoms with Gasteiger partial charge in [0.1, 0.15) is 0 Å². The molecule has 0 heterocycles. The molecule has 4 aliphatic carbocycles. The molecule has 0 saturated heterocycles. The van der Waals surface area contributed by atoms with E-state index in [-0.39, 0.29) is 46.5 Å². The van der Waals surface area contributed by atoms with Crippen molar-refractivity contribution >= 4 is 8.78 Å². The third-order valence-corrected chi connectivity index (χ3v) is 15.2.